The Hall–Kier alpha value is -1.75. The van der Waals surface area contributed by atoms with Crippen LogP contribution in [0.2, 0.25) is 0 Å². The van der Waals surface area contributed by atoms with Crippen molar-refractivity contribution in [1.82, 2.24) is 0 Å². The third kappa shape index (κ3) is 8.45. The van der Waals surface area contributed by atoms with E-state index in [-0.39, 0.29) is 18.2 Å². The minimum absolute atomic E-state index is 0.113. The minimum Gasteiger partial charge on any atom is -0.446 e. The van der Waals surface area contributed by atoms with E-state index in [2.05, 4.69) is 37.2 Å². The van der Waals surface area contributed by atoms with E-state index in [0.717, 1.165) is 12.8 Å². The summed E-state index contributed by atoms with van der Waals surface area (Å²) in [6, 6.07) is 0. The molecule has 0 aliphatic carbocycles. The van der Waals surface area contributed by atoms with Crippen LogP contribution in [-0.2, 0) is 14.3 Å². The summed E-state index contributed by atoms with van der Waals surface area (Å²) in [7, 11) is 0. The maximum atomic E-state index is 11.2. The first kappa shape index (κ1) is 19.3. The molecule has 1 N–H and O–H groups in total. The van der Waals surface area contributed by atoms with Gasteiger partial charge in [0.05, 0.1) is 6.10 Å². The lowest BCUT2D eigenvalue weighted by atomic mass is 10.1. The molecule has 4 nitrogen and oxygen atoms in total. The minimum atomic E-state index is -0.899. The van der Waals surface area contributed by atoms with Crippen molar-refractivity contribution < 1.29 is 19.4 Å². The van der Waals surface area contributed by atoms with Crippen LogP contribution in [-0.4, -0.2) is 35.5 Å². The molecule has 0 saturated carbocycles. The quantitative estimate of drug-likeness (QED) is 0.233. The predicted octanol–water partition coefficient (Wildman–Crippen LogP) is 2.60. The van der Waals surface area contributed by atoms with E-state index in [1.807, 2.05) is 0 Å². The number of rotatable bonds is 9. The van der Waals surface area contributed by atoms with Crippen LogP contribution >= 0.6 is 0 Å². The molecule has 4 unspecified atom stereocenters. The van der Waals surface area contributed by atoms with Crippen molar-refractivity contribution in [2.75, 3.05) is 0 Å². The maximum absolute atomic E-state index is 11.2. The molecule has 4 heteroatoms. The number of ether oxygens (including phenoxy) is 2. The Bertz CT molecular complexity index is 503. The Morgan fingerprint density at radius 1 is 1.30 bits per heavy atom. The second-order valence-electron chi connectivity index (χ2n) is 5.59. The zero-order valence-corrected chi connectivity index (χ0v) is 14.0. The van der Waals surface area contributed by atoms with Crippen LogP contribution in [0.5, 0.6) is 0 Å². The highest BCUT2D eigenvalue weighted by atomic mass is 16.6. The summed E-state index contributed by atoms with van der Waals surface area (Å²) in [5.41, 5.74) is 0. The SMILES string of the molecule is C=CC(O)C#CC#CC(OC(C)=O)C1OC1CCCCCCC. The lowest BCUT2D eigenvalue weighted by Gasteiger charge is -2.07. The van der Waals surface area contributed by atoms with Gasteiger partial charge in [-0.1, -0.05) is 57.6 Å². The van der Waals surface area contributed by atoms with Gasteiger partial charge in [-0.25, -0.2) is 0 Å². The summed E-state index contributed by atoms with van der Waals surface area (Å²) in [4.78, 5) is 11.2. The molecule has 1 rings (SSSR count). The van der Waals surface area contributed by atoms with Crippen molar-refractivity contribution in [2.45, 2.75) is 76.8 Å². The monoisotopic (exact) mass is 318 g/mol. The van der Waals surface area contributed by atoms with Gasteiger partial charge in [-0.3, -0.25) is 4.79 Å². The molecule has 0 aromatic heterocycles. The van der Waals surface area contributed by atoms with Crippen molar-refractivity contribution in [3.8, 4) is 23.7 Å². The molecule has 0 aromatic rings. The van der Waals surface area contributed by atoms with Crippen molar-refractivity contribution in [3.63, 3.8) is 0 Å². The molecule has 23 heavy (non-hydrogen) atoms. The van der Waals surface area contributed by atoms with Crippen molar-refractivity contribution >= 4 is 5.97 Å². The van der Waals surface area contributed by atoms with Crippen molar-refractivity contribution in [1.29, 1.82) is 0 Å². The van der Waals surface area contributed by atoms with E-state index in [4.69, 9.17) is 9.47 Å². The Balaban J connectivity index is 2.43. The van der Waals surface area contributed by atoms with Crippen molar-refractivity contribution in [3.05, 3.63) is 12.7 Å². The fraction of sp³-hybridized carbons (Fsp3) is 0.632. The lowest BCUT2D eigenvalue weighted by Crippen LogP contribution is -2.22. The van der Waals surface area contributed by atoms with E-state index in [9.17, 15) is 9.90 Å². The van der Waals surface area contributed by atoms with Gasteiger partial charge in [-0.05, 0) is 24.2 Å². The van der Waals surface area contributed by atoms with Gasteiger partial charge in [0, 0.05) is 6.92 Å². The van der Waals surface area contributed by atoms with E-state index >= 15 is 0 Å². The number of aliphatic hydroxyl groups is 1. The Morgan fingerprint density at radius 2 is 2.00 bits per heavy atom. The fourth-order valence-electron chi connectivity index (χ4n) is 2.24. The number of hydrogen-bond donors (Lipinski definition) is 1. The summed E-state index contributed by atoms with van der Waals surface area (Å²) in [6.07, 6.45) is 6.81. The standard InChI is InChI=1S/C19H26O4/c1-4-6-7-8-9-13-18-19(23-18)17(22-15(3)20)14-11-10-12-16(21)5-2/h5,16-19,21H,2,4,6-9,13H2,1,3H3. The van der Waals surface area contributed by atoms with Crippen molar-refractivity contribution in [2.24, 2.45) is 0 Å². The van der Waals surface area contributed by atoms with Gasteiger partial charge in [0.15, 0.2) is 6.10 Å². The average molecular weight is 318 g/mol. The van der Waals surface area contributed by atoms with Gasteiger partial charge in [0.2, 0.25) is 0 Å². The molecule has 4 atom stereocenters. The maximum Gasteiger partial charge on any atom is 0.303 e. The van der Waals surface area contributed by atoms with E-state index in [1.165, 1.54) is 38.7 Å². The third-order valence-electron chi connectivity index (χ3n) is 3.53. The largest absolute Gasteiger partial charge is 0.446 e. The fourth-order valence-corrected chi connectivity index (χ4v) is 2.24. The molecule has 0 aromatic carbocycles. The number of aliphatic hydroxyl groups excluding tert-OH is 1. The average Bonchev–Trinajstić information content (AvgIpc) is 3.29. The van der Waals surface area contributed by atoms with Gasteiger partial charge >= 0.3 is 5.97 Å². The zero-order chi connectivity index (χ0) is 17.1. The molecule has 0 spiro atoms. The summed E-state index contributed by atoms with van der Waals surface area (Å²) < 4.78 is 10.8. The van der Waals surface area contributed by atoms with Gasteiger partial charge in [-0.2, -0.15) is 0 Å². The number of unbranched alkanes of at least 4 members (excludes halogenated alkanes) is 4. The Morgan fingerprint density at radius 3 is 2.65 bits per heavy atom. The van der Waals surface area contributed by atoms with Crippen LogP contribution in [0.1, 0.15) is 52.4 Å². The second-order valence-corrected chi connectivity index (χ2v) is 5.59. The van der Waals surface area contributed by atoms with Gasteiger partial charge in [0.25, 0.3) is 0 Å². The summed E-state index contributed by atoms with van der Waals surface area (Å²) in [5.74, 6) is 10.0. The van der Waals surface area contributed by atoms with Gasteiger partial charge < -0.3 is 14.6 Å². The normalized spacial score (nSPS) is 21.0. The molecule has 1 saturated heterocycles. The molecule has 1 heterocycles. The Kier molecular flexibility index (Phi) is 9.14. The third-order valence-corrected chi connectivity index (χ3v) is 3.53. The second kappa shape index (κ2) is 10.9. The van der Waals surface area contributed by atoms with Crippen LogP contribution in [0.4, 0.5) is 0 Å². The number of hydrogen-bond acceptors (Lipinski definition) is 4. The van der Waals surface area contributed by atoms with E-state index in [1.54, 1.807) is 0 Å². The summed E-state index contributed by atoms with van der Waals surface area (Å²) >= 11 is 0. The first-order valence-electron chi connectivity index (χ1n) is 8.22. The first-order chi connectivity index (χ1) is 11.1. The van der Waals surface area contributed by atoms with Crippen LogP contribution < -0.4 is 0 Å². The molecule has 0 bridgehead atoms. The number of esters is 1. The number of epoxide rings is 1. The summed E-state index contributed by atoms with van der Waals surface area (Å²) in [5, 5.41) is 9.22. The molecule has 1 aliphatic rings. The molecule has 0 radical (unpaired) electrons. The zero-order valence-electron chi connectivity index (χ0n) is 14.0. The van der Waals surface area contributed by atoms with Crippen LogP contribution in [0.3, 0.4) is 0 Å². The number of carbonyl (C=O) groups is 1. The highest BCUT2D eigenvalue weighted by molar-refractivity contribution is 5.66. The highest BCUT2D eigenvalue weighted by Crippen LogP contribution is 2.31. The van der Waals surface area contributed by atoms with E-state index < -0.39 is 12.2 Å². The summed E-state index contributed by atoms with van der Waals surface area (Å²) in [6.45, 7) is 6.96. The topological polar surface area (TPSA) is 59.1 Å². The van der Waals surface area contributed by atoms with Gasteiger partial charge in [-0.15, -0.1) is 0 Å². The number of carbonyl (C=O) groups excluding carboxylic acids is 1. The molecule has 1 aliphatic heterocycles. The van der Waals surface area contributed by atoms with Gasteiger partial charge in [0.1, 0.15) is 12.2 Å². The molecular formula is C19H26O4. The van der Waals surface area contributed by atoms with Crippen LogP contribution in [0.15, 0.2) is 12.7 Å². The lowest BCUT2D eigenvalue weighted by molar-refractivity contribution is -0.144. The van der Waals surface area contributed by atoms with E-state index in [0.29, 0.717) is 0 Å². The molecular weight excluding hydrogens is 292 g/mol. The predicted molar refractivity (Wildman–Crippen MR) is 89.3 cm³/mol. The first-order valence-corrected chi connectivity index (χ1v) is 8.22. The molecule has 1 fully saturated rings. The molecule has 126 valence electrons. The van der Waals surface area contributed by atoms with Crippen LogP contribution in [0.25, 0.3) is 0 Å². The highest BCUT2D eigenvalue weighted by Gasteiger charge is 2.45. The molecule has 0 amide bonds. The van der Waals surface area contributed by atoms with Crippen LogP contribution in [0, 0.1) is 23.7 Å². The smallest absolute Gasteiger partial charge is 0.303 e. The Labute approximate surface area is 139 Å².